The fourth-order valence-corrected chi connectivity index (χ4v) is 3.81. The van der Waals surface area contributed by atoms with Crippen molar-refractivity contribution in [3.63, 3.8) is 0 Å². The van der Waals surface area contributed by atoms with E-state index in [0.29, 0.717) is 6.54 Å². The van der Waals surface area contributed by atoms with Crippen molar-refractivity contribution in [3.8, 4) is 5.75 Å². The fourth-order valence-electron chi connectivity index (χ4n) is 3.81. The smallest absolute Gasteiger partial charge is 0.315 e. The molecule has 2 aromatic carbocycles. The Balaban J connectivity index is 1.46. The van der Waals surface area contributed by atoms with Crippen LogP contribution in [0.5, 0.6) is 5.75 Å². The van der Waals surface area contributed by atoms with Gasteiger partial charge in [0.1, 0.15) is 11.6 Å². The number of carbonyl (C=O) groups excluding carboxylic acids is 1. The first-order valence-electron chi connectivity index (χ1n) is 10.3. The zero-order chi connectivity index (χ0) is 21.5. The predicted molar refractivity (Wildman–Crippen MR) is 118 cm³/mol. The van der Waals surface area contributed by atoms with Crippen LogP contribution in [0.2, 0.25) is 0 Å². The number of benzene rings is 2. The molecule has 6 nitrogen and oxygen atoms in total. The number of anilines is 1. The van der Waals surface area contributed by atoms with Gasteiger partial charge in [0.2, 0.25) is 0 Å². The van der Waals surface area contributed by atoms with Gasteiger partial charge in [0, 0.05) is 31.4 Å². The summed E-state index contributed by atoms with van der Waals surface area (Å²) >= 11 is 0. The first kappa shape index (κ1) is 21.9. The van der Waals surface area contributed by atoms with Crippen LogP contribution >= 0.6 is 0 Å². The van der Waals surface area contributed by atoms with Gasteiger partial charge in [0.15, 0.2) is 0 Å². The Labute approximate surface area is 178 Å². The molecule has 1 aliphatic heterocycles. The second kappa shape index (κ2) is 10.3. The summed E-state index contributed by atoms with van der Waals surface area (Å²) in [6, 6.07) is 14.4. The molecule has 30 heavy (non-hydrogen) atoms. The Morgan fingerprint density at radius 3 is 2.50 bits per heavy atom. The number of methoxy groups -OCH3 is 1. The predicted octanol–water partition coefficient (Wildman–Crippen LogP) is 3.41. The van der Waals surface area contributed by atoms with E-state index in [1.54, 1.807) is 13.2 Å². The number of halogens is 1. The van der Waals surface area contributed by atoms with Crippen LogP contribution in [0, 0.1) is 5.82 Å². The van der Waals surface area contributed by atoms with Crippen molar-refractivity contribution in [1.29, 1.82) is 0 Å². The van der Waals surface area contributed by atoms with Gasteiger partial charge in [-0.1, -0.05) is 12.1 Å². The van der Waals surface area contributed by atoms with E-state index < -0.39 is 0 Å². The highest BCUT2D eigenvalue weighted by Gasteiger charge is 2.22. The molecule has 162 valence electrons. The zero-order valence-corrected chi connectivity index (χ0v) is 17.9. The molecule has 1 saturated heterocycles. The molecule has 1 heterocycles. The molecule has 2 aromatic rings. The van der Waals surface area contributed by atoms with Gasteiger partial charge in [-0.3, -0.25) is 0 Å². The number of hydrogen-bond donors (Lipinski definition) is 2. The summed E-state index contributed by atoms with van der Waals surface area (Å²) in [5, 5.41) is 6.02. The van der Waals surface area contributed by atoms with Crippen LogP contribution in [-0.4, -0.2) is 57.8 Å². The van der Waals surface area contributed by atoms with Crippen LogP contribution in [0.25, 0.3) is 0 Å². The lowest BCUT2D eigenvalue weighted by Gasteiger charge is -2.34. The SMILES string of the molecule is COc1ccc(N2CCC(NC(=O)NCC(c3cccc(F)c3)N(C)C)CC2)cc1. The van der Waals surface area contributed by atoms with Gasteiger partial charge in [0.25, 0.3) is 0 Å². The molecule has 1 unspecified atom stereocenters. The first-order chi connectivity index (χ1) is 14.5. The Kier molecular flexibility index (Phi) is 7.52. The topological polar surface area (TPSA) is 56.8 Å². The zero-order valence-electron chi connectivity index (χ0n) is 17.9. The van der Waals surface area contributed by atoms with E-state index in [1.807, 2.05) is 37.2 Å². The summed E-state index contributed by atoms with van der Waals surface area (Å²) in [6.07, 6.45) is 1.78. The van der Waals surface area contributed by atoms with Crippen LogP contribution in [0.3, 0.4) is 0 Å². The van der Waals surface area contributed by atoms with E-state index >= 15 is 0 Å². The second-order valence-corrected chi connectivity index (χ2v) is 7.85. The second-order valence-electron chi connectivity index (χ2n) is 7.85. The van der Waals surface area contributed by atoms with Crippen molar-refractivity contribution in [2.75, 3.05) is 45.7 Å². The summed E-state index contributed by atoms with van der Waals surface area (Å²) in [4.78, 5) is 16.7. The standard InChI is InChI=1S/C23H31FN4O2/c1-27(2)22(17-5-4-6-18(24)15-17)16-25-23(29)26-19-11-13-28(14-12-19)20-7-9-21(30-3)10-8-20/h4-10,15,19,22H,11-14,16H2,1-3H3,(H2,25,26,29). The van der Waals surface area contributed by atoms with Crippen molar-refractivity contribution >= 4 is 11.7 Å². The Hall–Kier alpha value is -2.80. The molecule has 1 fully saturated rings. The summed E-state index contributed by atoms with van der Waals surface area (Å²) in [7, 11) is 5.50. The highest BCUT2D eigenvalue weighted by molar-refractivity contribution is 5.74. The molecule has 1 aliphatic rings. The summed E-state index contributed by atoms with van der Waals surface area (Å²) in [6.45, 7) is 2.19. The number of rotatable bonds is 7. The van der Waals surface area contributed by atoms with Gasteiger partial charge in [-0.25, -0.2) is 9.18 Å². The van der Waals surface area contributed by atoms with Crippen molar-refractivity contribution in [2.24, 2.45) is 0 Å². The molecule has 0 bridgehead atoms. The van der Waals surface area contributed by atoms with Crippen LogP contribution in [-0.2, 0) is 0 Å². The maximum Gasteiger partial charge on any atom is 0.315 e. The van der Waals surface area contributed by atoms with Crippen LogP contribution in [0.15, 0.2) is 48.5 Å². The lowest BCUT2D eigenvalue weighted by molar-refractivity contribution is 0.227. The van der Waals surface area contributed by atoms with E-state index in [1.165, 1.54) is 17.8 Å². The number of hydrogen-bond acceptors (Lipinski definition) is 4. The highest BCUT2D eigenvalue weighted by atomic mass is 19.1. The van der Waals surface area contributed by atoms with Gasteiger partial charge in [-0.15, -0.1) is 0 Å². The number of piperidine rings is 1. The summed E-state index contributed by atoms with van der Waals surface area (Å²) in [5.41, 5.74) is 2.01. The van der Waals surface area contributed by atoms with Gasteiger partial charge in [0.05, 0.1) is 13.2 Å². The molecule has 0 radical (unpaired) electrons. The Morgan fingerprint density at radius 1 is 1.20 bits per heavy atom. The number of ether oxygens (including phenoxy) is 1. The molecule has 2 N–H and O–H groups in total. The lowest BCUT2D eigenvalue weighted by Crippen LogP contribution is -2.49. The maximum atomic E-state index is 13.6. The van der Waals surface area contributed by atoms with Crippen LogP contribution < -0.4 is 20.3 Å². The minimum absolute atomic E-state index is 0.0941. The number of carbonyl (C=O) groups is 1. The van der Waals surface area contributed by atoms with Gasteiger partial charge < -0.3 is 25.2 Å². The van der Waals surface area contributed by atoms with Crippen molar-refractivity contribution in [1.82, 2.24) is 15.5 Å². The number of nitrogens with one attached hydrogen (secondary N) is 2. The summed E-state index contributed by atoms with van der Waals surface area (Å²) in [5.74, 6) is 0.577. The minimum atomic E-state index is -0.271. The highest BCUT2D eigenvalue weighted by Crippen LogP contribution is 2.23. The van der Waals surface area contributed by atoms with Crippen molar-refractivity contribution < 1.29 is 13.9 Å². The third-order valence-corrected chi connectivity index (χ3v) is 5.58. The number of likely N-dealkylation sites (N-methyl/N-ethyl adjacent to an activating group) is 1. The monoisotopic (exact) mass is 414 g/mol. The van der Waals surface area contributed by atoms with Gasteiger partial charge in [-0.2, -0.15) is 0 Å². The molecule has 0 aliphatic carbocycles. The maximum absolute atomic E-state index is 13.6. The fraction of sp³-hybridized carbons (Fsp3) is 0.435. The Bertz CT molecular complexity index is 820. The van der Waals surface area contributed by atoms with E-state index in [-0.39, 0.29) is 23.9 Å². The average molecular weight is 415 g/mol. The molecular weight excluding hydrogens is 383 g/mol. The average Bonchev–Trinajstić information content (AvgIpc) is 2.74. The number of urea groups is 1. The quantitative estimate of drug-likeness (QED) is 0.729. The Morgan fingerprint density at radius 2 is 1.90 bits per heavy atom. The number of amides is 2. The molecule has 3 rings (SSSR count). The van der Waals surface area contributed by atoms with Crippen LogP contribution in [0.1, 0.15) is 24.4 Å². The lowest BCUT2D eigenvalue weighted by atomic mass is 10.0. The third-order valence-electron chi connectivity index (χ3n) is 5.58. The van der Waals surface area contributed by atoms with Gasteiger partial charge in [-0.05, 0) is 68.9 Å². The van der Waals surface area contributed by atoms with Crippen molar-refractivity contribution in [3.05, 3.63) is 59.9 Å². The van der Waals surface area contributed by atoms with Crippen molar-refractivity contribution in [2.45, 2.75) is 24.9 Å². The van der Waals surface area contributed by atoms with E-state index in [4.69, 9.17) is 4.74 Å². The van der Waals surface area contributed by atoms with E-state index in [0.717, 1.165) is 37.2 Å². The molecule has 0 spiro atoms. The number of nitrogens with zero attached hydrogens (tertiary/aromatic N) is 2. The minimum Gasteiger partial charge on any atom is -0.497 e. The molecule has 1 atom stereocenters. The molecule has 0 aromatic heterocycles. The van der Waals surface area contributed by atoms with E-state index in [9.17, 15) is 9.18 Å². The third kappa shape index (κ3) is 5.86. The molecule has 2 amide bonds. The first-order valence-corrected chi connectivity index (χ1v) is 10.3. The van der Waals surface area contributed by atoms with Gasteiger partial charge >= 0.3 is 6.03 Å². The molecular formula is C23H31FN4O2. The normalized spacial score (nSPS) is 15.7. The summed E-state index contributed by atoms with van der Waals surface area (Å²) < 4.78 is 18.8. The largest absolute Gasteiger partial charge is 0.497 e. The van der Waals surface area contributed by atoms with Crippen LogP contribution in [0.4, 0.5) is 14.9 Å². The van der Waals surface area contributed by atoms with E-state index in [2.05, 4.69) is 27.7 Å². The molecule has 7 heteroatoms. The molecule has 0 saturated carbocycles.